The lowest BCUT2D eigenvalue weighted by atomic mass is 10.0. The van der Waals surface area contributed by atoms with Gasteiger partial charge >= 0.3 is 0 Å². The molecular formula is C18H23N5O3. The maximum Gasteiger partial charge on any atom is 0.245 e. The second kappa shape index (κ2) is 7.55. The Labute approximate surface area is 151 Å². The van der Waals surface area contributed by atoms with Gasteiger partial charge < -0.3 is 15.4 Å². The third-order valence-corrected chi connectivity index (χ3v) is 4.42. The fourth-order valence-corrected chi connectivity index (χ4v) is 3.07. The Morgan fingerprint density at radius 3 is 3.00 bits per heavy atom. The van der Waals surface area contributed by atoms with Gasteiger partial charge in [0.1, 0.15) is 17.5 Å². The molecule has 2 amide bonds. The highest BCUT2D eigenvalue weighted by atomic mass is 16.5. The van der Waals surface area contributed by atoms with Crippen molar-refractivity contribution >= 4 is 11.8 Å². The van der Waals surface area contributed by atoms with E-state index in [9.17, 15) is 9.59 Å². The summed E-state index contributed by atoms with van der Waals surface area (Å²) in [6.45, 7) is 4.59. The predicted octanol–water partition coefficient (Wildman–Crippen LogP) is 0.972. The van der Waals surface area contributed by atoms with Crippen molar-refractivity contribution in [1.82, 2.24) is 25.6 Å². The number of amides is 2. The zero-order valence-corrected chi connectivity index (χ0v) is 15.2. The number of fused-ring (bicyclic) bond motifs is 1. The number of carbonyl (C=O) groups excluding carboxylic acids is 2. The van der Waals surface area contributed by atoms with Crippen molar-refractivity contribution in [1.29, 1.82) is 0 Å². The van der Waals surface area contributed by atoms with Crippen LogP contribution in [0.1, 0.15) is 36.8 Å². The molecule has 0 radical (unpaired) electrons. The summed E-state index contributed by atoms with van der Waals surface area (Å²) in [7, 11) is 1.59. The fraction of sp³-hybridized carbons (Fsp3) is 0.444. The first-order valence-electron chi connectivity index (χ1n) is 8.60. The molecule has 0 saturated carbocycles. The molecule has 0 aliphatic carbocycles. The van der Waals surface area contributed by atoms with Crippen LogP contribution in [0.25, 0.3) is 0 Å². The molecule has 1 aliphatic rings. The molecular weight excluding hydrogens is 334 g/mol. The Balaban J connectivity index is 1.64. The number of hydrogen-bond donors (Lipinski definition) is 2. The molecule has 2 heterocycles. The maximum atomic E-state index is 12.2. The topological polar surface area (TPSA) is 98.1 Å². The highest BCUT2D eigenvalue weighted by Crippen LogP contribution is 2.24. The monoisotopic (exact) mass is 357 g/mol. The molecule has 2 N–H and O–H groups in total. The highest BCUT2D eigenvalue weighted by Gasteiger charge is 2.32. The van der Waals surface area contributed by atoms with Crippen LogP contribution >= 0.6 is 0 Å². The van der Waals surface area contributed by atoms with Gasteiger partial charge in [0.25, 0.3) is 0 Å². The number of hydrogen-bond acceptors (Lipinski definition) is 5. The van der Waals surface area contributed by atoms with Gasteiger partial charge in [0, 0.05) is 0 Å². The summed E-state index contributed by atoms with van der Waals surface area (Å²) in [5.41, 5.74) is 2.39. The first-order chi connectivity index (χ1) is 12.5. The van der Waals surface area contributed by atoms with Gasteiger partial charge in [-0.1, -0.05) is 31.2 Å². The van der Waals surface area contributed by atoms with Crippen LogP contribution in [-0.2, 0) is 29.1 Å². The molecule has 0 spiro atoms. The Hall–Kier alpha value is -2.90. The molecule has 8 nitrogen and oxygen atoms in total. The number of carbonyl (C=O) groups is 2. The molecule has 1 aromatic heterocycles. The van der Waals surface area contributed by atoms with Gasteiger partial charge in [0.15, 0.2) is 0 Å². The summed E-state index contributed by atoms with van der Waals surface area (Å²) < 4.78 is 6.84. The Morgan fingerprint density at radius 2 is 2.27 bits per heavy atom. The first-order valence-corrected chi connectivity index (χ1v) is 8.60. The zero-order chi connectivity index (χ0) is 18.7. The number of nitrogens with one attached hydrogen (secondary N) is 2. The van der Waals surface area contributed by atoms with Crippen LogP contribution in [0.5, 0.6) is 5.75 Å². The molecule has 1 aliphatic heterocycles. The van der Waals surface area contributed by atoms with E-state index in [0.29, 0.717) is 12.2 Å². The third-order valence-electron chi connectivity index (χ3n) is 4.42. The van der Waals surface area contributed by atoms with Crippen molar-refractivity contribution in [3.8, 4) is 5.75 Å². The number of methoxy groups -OCH3 is 1. The second-order valence-electron chi connectivity index (χ2n) is 6.64. The summed E-state index contributed by atoms with van der Waals surface area (Å²) in [4.78, 5) is 24.3. The van der Waals surface area contributed by atoms with E-state index in [4.69, 9.17) is 4.74 Å². The van der Waals surface area contributed by atoms with E-state index < -0.39 is 0 Å². The van der Waals surface area contributed by atoms with Crippen LogP contribution in [0.3, 0.4) is 0 Å². The highest BCUT2D eigenvalue weighted by molar-refractivity contribution is 5.81. The van der Waals surface area contributed by atoms with Crippen molar-refractivity contribution in [3.05, 3.63) is 41.2 Å². The molecule has 1 atom stereocenters. The minimum Gasteiger partial charge on any atom is -0.497 e. The minimum absolute atomic E-state index is 0.0500. The Morgan fingerprint density at radius 1 is 1.46 bits per heavy atom. The number of aromatic nitrogens is 3. The average molecular weight is 357 g/mol. The van der Waals surface area contributed by atoms with Gasteiger partial charge in [-0.25, -0.2) is 4.68 Å². The normalized spacial score (nSPS) is 16.2. The molecule has 0 fully saturated rings. The van der Waals surface area contributed by atoms with Crippen molar-refractivity contribution in [3.63, 3.8) is 0 Å². The van der Waals surface area contributed by atoms with Gasteiger partial charge in [-0.3, -0.25) is 9.59 Å². The number of benzene rings is 1. The first kappa shape index (κ1) is 17.9. The van der Waals surface area contributed by atoms with E-state index in [1.165, 1.54) is 0 Å². The number of nitrogens with zero attached hydrogens (tertiary/aromatic N) is 3. The molecule has 1 unspecified atom stereocenters. The molecule has 26 heavy (non-hydrogen) atoms. The van der Waals surface area contributed by atoms with Gasteiger partial charge in [0.05, 0.1) is 32.3 Å². The van der Waals surface area contributed by atoms with Crippen LogP contribution in [0.2, 0.25) is 0 Å². The lowest BCUT2D eigenvalue weighted by Crippen LogP contribution is -2.42. The third kappa shape index (κ3) is 3.68. The smallest absolute Gasteiger partial charge is 0.245 e. The van der Waals surface area contributed by atoms with Crippen molar-refractivity contribution in [2.75, 3.05) is 7.11 Å². The lowest BCUT2D eigenvalue weighted by Gasteiger charge is -2.26. The molecule has 2 aromatic rings. The fourth-order valence-electron chi connectivity index (χ4n) is 3.07. The van der Waals surface area contributed by atoms with Gasteiger partial charge in [-0.05, 0) is 23.6 Å². The quantitative estimate of drug-likeness (QED) is 0.803. The summed E-state index contributed by atoms with van der Waals surface area (Å²) >= 11 is 0. The van der Waals surface area contributed by atoms with E-state index in [1.807, 2.05) is 38.1 Å². The molecule has 138 valence electrons. The van der Waals surface area contributed by atoms with Crippen LogP contribution in [0.4, 0.5) is 0 Å². The zero-order valence-electron chi connectivity index (χ0n) is 15.2. The predicted molar refractivity (Wildman–Crippen MR) is 94.3 cm³/mol. The summed E-state index contributed by atoms with van der Waals surface area (Å²) in [6.07, 6.45) is 0.256. The van der Waals surface area contributed by atoms with E-state index in [-0.39, 0.29) is 36.7 Å². The number of ether oxygens (including phenoxy) is 1. The Kier molecular flexibility index (Phi) is 5.20. The van der Waals surface area contributed by atoms with Gasteiger partial charge in [-0.2, -0.15) is 0 Å². The van der Waals surface area contributed by atoms with Gasteiger partial charge in [-0.15, -0.1) is 5.10 Å². The van der Waals surface area contributed by atoms with Crippen LogP contribution in [-0.4, -0.2) is 33.9 Å². The minimum atomic E-state index is -0.368. The maximum absolute atomic E-state index is 12.2. The van der Waals surface area contributed by atoms with Crippen LogP contribution in [0, 0.1) is 5.92 Å². The van der Waals surface area contributed by atoms with E-state index >= 15 is 0 Å². The van der Waals surface area contributed by atoms with Crippen molar-refractivity contribution in [2.45, 2.75) is 39.4 Å². The second-order valence-corrected chi connectivity index (χ2v) is 6.64. The van der Waals surface area contributed by atoms with Crippen molar-refractivity contribution in [2.24, 2.45) is 5.92 Å². The average Bonchev–Trinajstić information content (AvgIpc) is 3.02. The van der Waals surface area contributed by atoms with E-state index in [0.717, 1.165) is 17.0 Å². The van der Waals surface area contributed by atoms with Crippen molar-refractivity contribution < 1.29 is 14.3 Å². The molecule has 1 aromatic carbocycles. The summed E-state index contributed by atoms with van der Waals surface area (Å²) in [6, 6.07) is 7.04. The van der Waals surface area contributed by atoms with Crippen LogP contribution < -0.4 is 15.4 Å². The van der Waals surface area contributed by atoms with Gasteiger partial charge in [0.2, 0.25) is 11.8 Å². The van der Waals surface area contributed by atoms with Crippen LogP contribution in [0.15, 0.2) is 24.3 Å². The molecule has 3 rings (SSSR count). The van der Waals surface area contributed by atoms with E-state index in [2.05, 4.69) is 20.9 Å². The Bertz CT molecular complexity index is 815. The SMILES string of the molecule is COc1cccc(CC(=O)NCc2nnn3c2CNC(=O)C3C(C)C)c1. The summed E-state index contributed by atoms with van der Waals surface area (Å²) in [5.74, 6) is 0.663. The largest absolute Gasteiger partial charge is 0.497 e. The lowest BCUT2D eigenvalue weighted by molar-refractivity contribution is -0.127. The molecule has 8 heteroatoms. The van der Waals surface area contributed by atoms with E-state index in [1.54, 1.807) is 11.8 Å². The number of rotatable bonds is 6. The standard InChI is InChI=1S/C18H23N5O3/c1-11(2)17-18(25)20-10-15-14(21-22-23(15)17)9-19-16(24)8-12-5-4-6-13(7-12)26-3/h4-7,11,17H,8-10H2,1-3H3,(H,19,24)(H,20,25). The molecule has 0 bridgehead atoms. The molecule has 0 saturated heterocycles. The summed E-state index contributed by atoms with van der Waals surface area (Å²) in [5, 5.41) is 14.0.